The van der Waals surface area contributed by atoms with Gasteiger partial charge in [-0.05, 0) is 121 Å². The van der Waals surface area contributed by atoms with E-state index in [0.29, 0.717) is 25.7 Å². The van der Waals surface area contributed by atoms with E-state index in [9.17, 15) is 107 Å². The van der Waals surface area contributed by atoms with Gasteiger partial charge in [0, 0.05) is 6.42 Å². The minimum atomic E-state index is -1.89. The lowest BCUT2D eigenvalue weighted by atomic mass is 9.95. The Morgan fingerprint density at radius 3 is 1.15 bits per heavy atom. The first-order chi connectivity index (χ1) is 48.3. The number of hydrogen-bond donors (Lipinski definition) is 23. The molecule has 17 atom stereocenters. The van der Waals surface area contributed by atoms with Gasteiger partial charge >= 0.3 is 11.9 Å². The highest BCUT2D eigenvalue weighted by atomic mass is 32.2. The molecular weight excluding hydrogens is 1380 g/mol. The van der Waals surface area contributed by atoms with Gasteiger partial charge in [-0.25, -0.2) is 4.79 Å². The second-order valence-electron chi connectivity index (χ2n) is 25.5. The number of carbonyl (C=O) groups excluding carboxylic acids is 14. The van der Waals surface area contributed by atoms with Crippen molar-refractivity contribution >= 4 is 106 Å². The first kappa shape index (κ1) is 94.6. The summed E-state index contributed by atoms with van der Waals surface area (Å²) < 4.78 is 0. The summed E-state index contributed by atoms with van der Waals surface area (Å²) in [7, 11) is 0. The molecule has 0 aromatic rings. The van der Waals surface area contributed by atoms with Gasteiger partial charge < -0.3 is 123 Å². The molecule has 0 saturated carbocycles. The van der Waals surface area contributed by atoms with Crippen LogP contribution >= 0.6 is 11.8 Å². The van der Waals surface area contributed by atoms with Gasteiger partial charge in [-0.3, -0.25) is 71.9 Å². The lowest BCUT2D eigenvalue weighted by Gasteiger charge is -2.29. The number of rotatable bonds is 53. The van der Waals surface area contributed by atoms with Crippen molar-refractivity contribution in [1.29, 1.82) is 0 Å². The van der Waals surface area contributed by atoms with E-state index in [-0.39, 0.29) is 69.2 Å². The molecule has 27 N–H and O–H groups in total. The molecule has 39 nitrogen and oxygen atoms in total. The maximum absolute atomic E-state index is 14.1. The van der Waals surface area contributed by atoms with Crippen molar-refractivity contribution in [2.75, 3.05) is 44.9 Å². The third-order valence-electron chi connectivity index (χ3n) is 16.4. The van der Waals surface area contributed by atoms with E-state index >= 15 is 0 Å². The van der Waals surface area contributed by atoms with Gasteiger partial charge in [0.25, 0.3) is 0 Å². The number of amides is 14. The smallest absolute Gasteiger partial charge is 0.326 e. The second kappa shape index (κ2) is 50.1. The summed E-state index contributed by atoms with van der Waals surface area (Å²) in [4.78, 5) is 212. The summed E-state index contributed by atoms with van der Waals surface area (Å²) >= 11 is 1.26. The molecule has 0 aliphatic rings. The maximum atomic E-state index is 14.1. The molecule has 0 unspecified atom stereocenters. The van der Waals surface area contributed by atoms with E-state index in [2.05, 4.69) is 69.1 Å². The fourth-order valence-corrected chi connectivity index (χ4v) is 10.1. The molecule has 0 spiro atoms. The van der Waals surface area contributed by atoms with E-state index < -0.39 is 230 Å². The predicted octanol–water partition coefficient (Wildman–Crippen LogP) is -8.01. The Bertz CT molecular complexity index is 2830. The topological polar surface area (TPSA) is 655 Å². The van der Waals surface area contributed by atoms with Gasteiger partial charge in [0.2, 0.25) is 82.7 Å². The van der Waals surface area contributed by atoms with Crippen LogP contribution < -0.4 is 92.1 Å². The molecule has 0 aliphatic heterocycles. The van der Waals surface area contributed by atoms with Crippen molar-refractivity contribution in [2.24, 2.45) is 40.7 Å². The number of nitrogens with two attached hydrogens (primary N) is 4. The highest BCUT2D eigenvalue weighted by molar-refractivity contribution is 7.98. The monoisotopic (exact) mass is 1490 g/mol. The molecule has 0 aromatic heterocycles. The van der Waals surface area contributed by atoms with Crippen LogP contribution in [-0.2, 0) is 76.7 Å². The number of aliphatic hydroxyl groups excluding tert-OH is 4. The molecule has 0 saturated heterocycles. The number of unbranched alkanes of at least 4 members (excludes halogenated alkanes) is 2. The van der Waals surface area contributed by atoms with Gasteiger partial charge in [-0.15, -0.1) is 0 Å². The van der Waals surface area contributed by atoms with Gasteiger partial charge in [0.1, 0.15) is 78.5 Å². The number of thioether (sulfide) groups is 1. The molecule has 0 bridgehead atoms. The van der Waals surface area contributed by atoms with Crippen molar-refractivity contribution < 1.29 is 107 Å². The molecule has 0 rings (SSSR count). The van der Waals surface area contributed by atoms with E-state index in [1.165, 1.54) is 25.6 Å². The Hall–Kier alpha value is -8.41. The average molecular weight is 1490 g/mol. The lowest BCUT2D eigenvalue weighted by molar-refractivity contribution is -0.143. The number of carbonyl (C=O) groups is 16. The molecule has 40 heteroatoms. The molecule has 0 aromatic carbocycles. The summed E-state index contributed by atoms with van der Waals surface area (Å²) in [6.07, 6.45) is -0.241. The zero-order valence-electron chi connectivity index (χ0n) is 60.3. The minimum absolute atomic E-state index is 0.0779. The third kappa shape index (κ3) is 35.6. The predicted molar refractivity (Wildman–Crippen MR) is 373 cm³/mol. The number of carboxylic acid groups (broad SMARTS) is 2. The minimum Gasteiger partial charge on any atom is -0.481 e. The highest BCUT2D eigenvalue weighted by Gasteiger charge is 2.39. The first-order valence-corrected chi connectivity index (χ1v) is 35.6. The fourth-order valence-electron chi connectivity index (χ4n) is 9.60. The first-order valence-electron chi connectivity index (χ1n) is 34.2. The van der Waals surface area contributed by atoms with Crippen molar-refractivity contribution in [1.82, 2.24) is 69.1 Å². The van der Waals surface area contributed by atoms with Crippen LogP contribution in [0.2, 0.25) is 0 Å². The van der Waals surface area contributed by atoms with Crippen molar-refractivity contribution in [3.8, 4) is 0 Å². The number of primary amides is 1. The Morgan fingerprint density at radius 2 is 0.748 bits per heavy atom. The normalized spacial score (nSPS) is 16.2. The molecule has 588 valence electrons. The van der Waals surface area contributed by atoms with Crippen molar-refractivity contribution in [2.45, 2.75) is 236 Å². The fraction of sp³-hybridized carbons (Fsp3) is 0.746. The maximum Gasteiger partial charge on any atom is 0.326 e. The lowest BCUT2D eigenvalue weighted by Crippen LogP contribution is -2.62. The van der Waals surface area contributed by atoms with Crippen LogP contribution in [0.5, 0.6) is 0 Å². The van der Waals surface area contributed by atoms with E-state index in [0.717, 1.165) is 6.92 Å². The average Bonchev–Trinajstić information content (AvgIpc) is 0.861. The Morgan fingerprint density at radius 1 is 0.398 bits per heavy atom. The number of aliphatic hydroxyl groups is 4. The zero-order valence-corrected chi connectivity index (χ0v) is 61.1. The second-order valence-corrected chi connectivity index (χ2v) is 26.5. The van der Waals surface area contributed by atoms with E-state index in [1.807, 2.05) is 6.92 Å². The molecular formula is C63H113N17O22S. The number of carboxylic acids is 2. The Labute approximate surface area is 602 Å². The number of hydrogen-bond acceptors (Lipinski definition) is 24. The van der Waals surface area contributed by atoms with Crippen LogP contribution in [0.4, 0.5) is 0 Å². The summed E-state index contributed by atoms with van der Waals surface area (Å²) in [6, 6.07) is -21.9. The van der Waals surface area contributed by atoms with Crippen molar-refractivity contribution in [3.05, 3.63) is 0 Å². The summed E-state index contributed by atoms with van der Waals surface area (Å²) in [5, 5.41) is 91.1. The summed E-state index contributed by atoms with van der Waals surface area (Å²) in [5.74, 6) is -18.3. The molecule has 0 radical (unpaired) electrons. The quantitative estimate of drug-likeness (QED) is 0.0252. The summed E-state index contributed by atoms with van der Waals surface area (Å²) in [6.45, 7) is 10.8. The number of nitrogens with one attached hydrogen (secondary N) is 13. The Balaban J connectivity index is 6.41. The van der Waals surface area contributed by atoms with Gasteiger partial charge in [0.15, 0.2) is 0 Å². The highest BCUT2D eigenvalue weighted by Crippen LogP contribution is 2.14. The molecule has 0 heterocycles. The zero-order chi connectivity index (χ0) is 79.0. The van der Waals surface area contributed by atoms with E-state index in [1.54, 1.807) is 40.9 Å². The standard InChI is InChI=1S/C63H113N17O22S/c1-11-31(5)47(67)60(98)79-48(32(6)12-2)61(99)75-41(26-46(86)87)56(94)72-38(21-24-103-10)52(90)68-33(7)51(89)76-44(29-83)59(97)80-49(35(9)84)62(100)69-34(8)50(88)74-40(25-30(3)4)55(93)70-36(17-13-15-22-64)53(91)77-42(27-81)57(95)71-37(18-14-16-23-65)54(92)78-43(28-82)58(96)73-39(63(101)102)19-20-45(66)85/h30-44,47-49,81-84H,11-29,64-65,67H2,1-10H3,(H2,66,85)(H,68,90)(H,69,100)(H,70,93)(H,71,95)(H,72,94)(H,73,96)(H,74,88)(H,75,99)(H,76,89)(H,77,91)(H,78,92)(H,79,98)(H,80,97)(H,86,87)(H,101,102)/t31-,32-,33-,34-,35+,36-,37-,38-,39-,40-,41-,42-,43-,44-,47-,48-,49-/m0/s1. The van der Waals surface area contributed by atoms with Gasteiger partial charge in [0.05, 0.1) is 38.4 Å². The van der Waals surface area contributed by atoms with Crippen LogP contribution in [0.25, 0.3) is 0 Å². The van der Waals surface area contributed by atoms with Crippen LogP contribution in [0.15, 0.2) is 0 Å². The van der Waals surface area contributed by atoms with Crippen LogP contribution in [0, 0.1) is 17.8 Å². The number of aliphatic carboxylic acids is 2. The molecule has 0 fully saturated rings. The van der Waals surface area contributed by atoms with E-state index in [4.69, 9.17) is 22.9 Å². The SMILES string of the molecule is CC[C@H](C)[C@H](N)C(=O)N[C@H](C(=O)N[C@@H](CC(=O)O)C(=O)N[C@@H](CCSC)C(=O)N[C@@H](C)C(=O)N[C@@H](CO)C(=O)N[C@H](C(=O)N[C@@H](C)C(=O)N[C@@H](CC(C)C)C(=O)N[C@@H](CCCCN)C(=O)N[C@@H](CO)C(=O)N[C@@H](CCCCN)C(=O)N[C@@H](CO)C(=O)N[C@@H](CCC(N)=O)C(=O)O)[C@@H](C)O)[C@@H](C)CC. The third-order valence-corrected chi connectivity index (χ3v) is 17.1. The molecule has 14 amide bonds. The van der Waals surface area contributed by atoms with Crippen molar-refractivity contribution in [3.63, 3.8) is 0 Å². The molecule has 0 aliphatic carbocycles. The summed E-state index contributed by atoms with van der Waals surface area (Å²) in [5.41, 5.74) is 22.5. The van der Waals surface area contributed by atoms with Crippen LogP contribution in [0.3, 0.4) is 0 Å². The molecule has 103 heavy (non-hydrogen) atoms. The Kier molecular flexibility index (Phi) is 46.0. The van der Waals surface area contributed by atoms with Crippen LogP contribution in [-0.4, -0.2) is 261 Å². The van der Waals surface area contributed by atoms with Crippen LogP contribution in [0.1, 0.15) is 146 Å². The van der Waals surface area contributed by atoms with Gasteiger partial charge in [-0.1, -0.05) is 54.4 Å². The van der Waals surface area contributed by atoms with Gasteiger partial charge in [-0.2, -0.15) is 11.8 Å². The largest absolute Gasteiger partial charge is 0.481 e.